The molecule has 7 nitrogen and oxygen atoms in total. The van der Waals surface area contributed by atoms with Crippen molar-refractivity contribution in [2.75, 3.05) is 11.9 Å². The highest BCUT2D eigenvalue weighted by Gasteiger charge is 2.37. The van der Waals surface area contributed by atoms with Gasteiger partial charge in [0, 0.05) is 18.2 Å². The average molecular weight is 529 g/mol. The maximum atomic E-state index is 13.5. The maximum absolute atomic E-state index is 13.5. The van der Waals surface area contributed by atoms with Gasteiger partial charge in [0.15, 0.2) is 0 Å². The second kappa shape index (κ2) is 11.6. The molecule has 0 saturated carbocycles. The van der Waals surface area contributed by atoms with E-state index < -0.39 is 47.5 Å². The van der Waals surface area contributed by atoms with E-state index in [0.717, 1.165) is 12.1 Å². The molecule has 1 unspecified atom stereocenters. The number of hydrogen-bond donors (Lipinski definition) is 2. The number of halogens is 3. The fraction of sp³-hybridized carbons (Fsp3) is 0.357. The summed E-state index contributed by atoms with van der Waals surface area (Å²) in [6.45, 7) is 7.44. The minimum atomic E-state index is -4.51. The van der Waals surface area contributed by atoms with Crippen molar-refractivity contribution >= 4 is 29.1 Å². The number of benzodiazepines with no additional fused rings is 1. The number of benzene rings is 2. The van der Waals surface area contributed by atoms with Gasteiger partial charge in [-0.3, -0.25) is 14.4 Å². The first-order chi connectivity index (χ1) is 17.8. The lowest BCUT2D eigenvalue weighted by atomic mass is 9.82. The van der Waals surface area contributed by atoms with Crippen molar-refractivity contribution in [1.82, 2.24) is 5.32 Å². The second-order valence-electron chi connectivity index (χ2n) is 9.65. The van der Waals surface area contributed by atoms with Crippen molar-refractivity contribution in [3.63, 3.8) is 0 Å². The molecule has 0 aromatic heterocycles. The number of rotatable bonds is 9. The number of para-hydroxylation sites is 1. The zero-order valence-electron chi connectivity index (χ0n) is 21.5. The summed E-state index contributed by atoms with van der Waals surface area (Å²) in [5.74, 6) is -3.40. The Kier molecular flexibility index (Phi) is 8.75. The van der Waals surface area contributed by atoms with Gasteiger partial charge in [0.05, 0.1) is 28.8 Å². The van der Waals surface area contributed by atoms with E-state index in [1.807, 2.05) is 13.8 Å². The molecule has 10 heteroatoms. The number of primary amides is 1. The van der Waals surface area contributed by atoms with Crippen LogP contribution in [-0.2, 0) is 20.6 Å². The molecule has 0 aliphatic carbocycles. The minimum Gasteiger partial charge on any atom is -0.369 e. The standard InChI is InChI=1S/C28H31F3N4O3/c1-5-8-19(24(32)36)21(15-16(2)3)26(37)34-25-27(38)35(4)22-10-7-6-9-20(22)23(33-25)17-11-13-18(14-12-17)28(29,30)31/h5-7,9-14,16,19,21,25H,1,8,15H2,2-4H3,(H2,32,36)(H,34,37)/t19-,21+,25?/m0/s1. The number of nitrogens with zero attached hydrogens (tertiary/aromatic N) is 2. The van der Waals surface area contributed by atoms with E-state index in [9.17, 15) is 27.6 Å². The first kappa shape index (κ1) is 28.6. The number of nitrogens with two attached hydrogens (primary N) is 1. The molecule has 1 aliphatic heterocycles. The van der Waals surface area contributed by atoms with E-state index >= 15 is 0 Å². The number of nitrogens with one attached hydrogen (secondary N) is 1. The third-order valence-corrected chi connectivity index (χ3v) is 6.44. The summed E-state index contributed by atoms with van der Waals surface area (Å²) >= 11 is 0. The van der Waals surface area contributed by atoms with Crippen LogP contribution in [0.4, 0.5) is 18.9 Å². The first-order valence-electron chi connectivity index (χ1n) is 12.2. The van der Waals surface area contributed by atoms with E-state index in [2.05, 4.69) is 16.9 Å². The normalized spacial score (nSPS) is 17.2. The molecule has 3 atom stereocenters. The number of amides is 3. The lowest BCUT2D eigenvalue weighted by Gasteiger charge is -2.27. The Morgan fingerprint density at radius 1 is 1.13 bits per heavy atom. The highest BCUT2D eigenvalue weighted by atomic mass is 19.4. The van der Waals surface area contributed by atoms with Crippen LogP contribution in [0, 0.1) is 17.8 Å². The summed E-state index contributed by atoms with van der Waals surface area (Å²) in [4.78, 5) is 45.0. The van der Waals surface area contributed by atoms with Gasteiger partial charge >= 0.3 is 6.18 Å². The van der Waals surface area contributed by atoms with Crippen molar-refractivity contribution in [2.45, 2.75) is 39.0 Å². The average Bonchev–Trinajstić information content (AvgIpc) is 2.96. The summed E-state index contributed by atoms with van der Waals surface area (Å²) in [7, 11) is 1.53. The van der Waals surface area contributed by atoms with Gasteiger partial charge < -0.3 is 16.0 Å². The molecule has 1 aliphatic rings. The molecule has 1 heterocycles. The molecule has 3 rings (SSSR count). The molecule has 3 N–H and O–H groups in total. The van der Waals surface area contributed by atoms with Gasteiger partial charge in [0.25, 0.3) is 5.91 Å². The number of carbonyl (C=O) groups excluding carboxylic acids is 3. The van der Waals surface area contributed by atoms with Crippen molar-refractivity contribution in [2.24, 2.45) is 28.5 Å². The predicted molar refractivity (Wildman–Crippen MR) is 139 cm³/mol. The first-order valence-corrected chi connectivity index (χ1v) is 12.2. The molecule has 0 fully saturated rings. The van der Waals surface area contributed by atoms with Crippen LogP contribution in [0.15, 0.2) is 66.2 Å². The van der Waals surface area contributed by atoms with Crippen LogP contribution in [-0.4, -0.2) is 36.6 Å². The number of likely N-dealkylation sites (N-methyl/N-ethyl adjacent to an activating group) is 1. The molecule has 0 spiro atoms. The van der Waals surface area contributed by atoms with Crippen molar-refractivity contribution in [3.8, 4) is 0 Å². The molecule has 0 saturated heterocycles. The summed E-state index contributed by atoms with van der Waals surface area (Å²) in [5, 5.41) is 2.67. The Balaban J connectivity index is 2.07. The topological polar surface area (TPSA) is 105 Å². The lowest BCUT2D eigenvalue weighted by molar-refractivity contribution is -0.137. The predicted octanol–water partition coefficient (Wildman–Crippen LogP) is 4.30. The number of carbonyl (C=O) groups is 3. The van der Waals surface area contributed by atoms with E-state index in [1.165, 1.54) is 30.2 Å². The third kappa shape index (κ3) is 6.30. The number of alkyl halides is 3. The highest BCUT2D eigenvalue weighted by molar-refractivity contribution is 6.20. The number of aliphatic imine (C=N–C) groups is 1. The molecule has 38 heavy (non-hydrogen) atoms. The van der Waals surface area contributed by atoms with Crippen molar-refractivity contribution < 1.29 is 27.6 Å². The molecule has 2 aromatic carbocycles. The fourth-order valence-electron chi connectivity index (χ4n) is 4.53. The van der Waals surface area contributed by atoms with Crippen LogP contribution >= 0.6 is 0 Å². The summed E-state index contributed by atoms with van der Waals surface area (Å²) in [6, 6.07) is 11.3. The van der Waals surface area contributed by atoms with E-state index in [0.29, 0.717) is 23.2 Å². The van der Waals surface area contributed by atoms with Crippen LogP contribution in [0.25, 0.3) is 0 Å². The van der Waals surface area contributed by atoms with Gasteiger partial charge in [0.2, 0.25) is 18.0 Å². The summed E-state index contributed by atoms with van der Waals surface area (Å²) < 4.78 is 39.4. The molecular formula is C28H31F3N4O3. The number of anilines is 1. The largest absolute Gasteiger partial charge is 0.416 e. The zero-order chi connectivity index (χ0) is 28.2. The van der Waals surface area contributed by atoms with E-state index in [1.54, 1.807) is 24.3 Å². The minimum absolute atomic E-state index is 0.0420. The van der Waals surface area contributed by atoms with Gasteiger partial charge in [0.1, 0.15) is 0 Å². The SMILES string of the molecule is C=CC[C@H](C(N)=O)[C@@H](CC(C)C)C(=O)NC1N=C(c2ccc(C(F)(F)F)cc2)c2ccccc2N(C)C1=O. The third-order valence-electron chi connectivity index (χ3n) is 6.44. The molecular weight excluding hydrogens is 497 g/mol. The van der Waals surface area contributed by atoms with E-state index in [4.69, 9.17) is 5.73 Å². The van der Waals surface area contributed by atoms with Crippen LogP contribution in [0.2, 0.25) is 0 Å². The Morgan fingerprint density at radius 2 is 1.76 bits per heavy atom. The Morgan fingerprint density at radius 3 is 2.32 bits per heavy atom. The Hall–Kier alpha value is -3.95. The zero-order valence-corrected chi connectivity index (χ0v) is 21.5. The van der Waals surface area contributed by atoms with Crippen LogP contribution in [0.1, 0.15) is 43.4 Å². The summed E-state index contributed by atoms with van der Waals surface area (Å²) in [6.07, 6.45) is -3.87. The van der Waals surface area contributed by atoms with Crippen LogP contribution in [0.3, 0.4) is 0 Å². The molecule has 202 valence electrons. The van der Waals surface area contributed by atoms with Crippen molar-refractivity contribution in [3.05, 3.63) is 77.9 Å². The number of allylic oxidation sites excluding steroid dienone is 1. The smallest absolute Gasteiger partial charge is 0.369 e. The second-order valence-corrected chi connectivity index (χ2v) is 9.65. The van der Waals surface area contributed by atoms with Gasteiger partial charge in [-0.05, 0) is 37.0 Å². The van der Waals surface area contributed by atoms with Crippen molar-refractivity contribution in [1.29, 1.82) is 0 Å². The van der Waals surface area contributed by atoms with E-state index in [-0.39, 0.29) is 18.1 Å². The van der Waals surface area contributed by atoms with Gasteiger partial charge in [-0.15, -0.1) is 6.58 Å². The van der Waals surface area contributed by atoms with Crippen LogP contribution in [0.5, 0.6) is 0 Å². The Bertz CT molecular complexity index is 1240. The lowest BCUT2D eigenvalue weighted by Crippen LogP contribution is -2.50. The molecule has 3 amide bonds. The number of hydrogen-bond acceptors (Lipinski definition) is 4. The van der Waals surface area contributed by atoms with Gasteiger partial charge in [-0.25, -0.2) is 4.99 Å². The van der Waals surface area contributed by atoms with Gasteiger partial charge in [-0.1, -0.05) is 50.3 Å². The monoisotopic (exact) mass is 528 g/mol. The molecule has 0 bridgehead atoms. The highest BCUT2D eigenvalue weighted by Crippen LogP contribution is 2.32. The molecule has 0 radical (unpaired) electrons. The Labute approximate surface area is 219 Å². The quantitative estimate of drug-likeness (QED) is 0.474. The maximum Gasteiger partial charge on any atom is 0.416 e. The summed E-state index contributed by atoms with van der Waals surface area (Å²) in [5.41, 5.74) is 6.35. The van der Waals surface area contributed by atoms with Gasteiger partial charge in [-0.2, -0.15) is 13.2 Å². The van der Waals surface area contributed by atoms with Crippen LogP contribution < -0.4 is 16.0 Å². The molecule has 2 aromatic rings. The number of fused-ring (bicyclic) bond motifs is 1. The fourth-order valence-corrected chi connectivity index (χ4v) is 4.53.